The summed E-state index contributed by atoms with van der Waals surface area (Å²) < 4.78 is 5.93. The van der Waals surface area contributed by atoms with Gasteiger partial charge in [0, 0.05) is 24.8 Å². The van der Waals surface area contributed by atoms with E-state index in [1.807, 2.05) is 12.1 Å². The van der Waals surface area contributed by atoms with Crippen LogP contribution in [0.4, 0.5) is 0 Å². The molecule has 0 saturated heterocycles. The number of ether oxygens (including phenoxy) is 1. The SMILES string of the molecule is CCC(C)(C)Oc1ccnc(CNC(C)C)c1. The maximum atomic E-state index is 5.93. The fourth-order valence-electron chi connectivity index (χ4n) is 1.32. The molecular formula is C14H24N2O. The van der Waals surface area contributed by atoms with Crippen molar-refractivity contribution in [3.63, 3.8) is 0 Å². The van der Waals surface area contributed by atoms with Crippen LogP contribution in [-0.4, -0.2) is 16.6 Å². The van der Waals surface area contributed by atoms with E-state index in [9.17, 15) is 0 Å². The molecule has 1 aromatic rings. The second-order valence-electron chi connectivity index (χ2n) is 5.23. The molecule has 0 aromatic carbocycles. The molecule has 3 heteroatoms. The van der Waals surface area contributed by atoms with Crippen molar-refractivity contribution in [2.45, 2.75) is 59.2 Å². The molecule has 0 spiro atoms. The van der Waals surface area contributed by atoms with Crippen molar-refractivity contribution in [3.8, 4) is 5.75 Å². The summed E-state index contributed by atoms with van der Waals surface area (Å²) in [5, 5.41) is 3.35. The van der Waals surface area contributed by atoms with Gasteiger partial charge in [0.25, 0.3) is 0 Å². The monoisotopic (exact) mass is 236 g/mol. The molecule has 0 atom stereocenters. The van der Waals surface area contributed by atoms with Gasteiger partial charge in [-0.3, -0.25) is 4.98 Å². The Morgan fingerprint density at radius 1 is 1.41 bits per heavy atom. The molecule has 0 bridgehead atoms. The first-order chi connectivity index (χ1) is 7.93. The maximum Gasteiger partial charge on any atom is 0.123 e. The first kappa shape index (κ1) is 14.0. The highest BCUT2D eigenvalue weighted by atomic mass is 16.5. The van der Waals surface area contributed by atoms with Gasteiger partial charge >= 0.3 is 0 Å². The van der Waals surface area contributed by atoms with Gasteiger partial charge in [-0.15, -0.1) is 0 Å². The molecule has 0 unspecified atom stereocenters. The van der Waals surface area contributed by atoms with Crippen molar-refractivity contribution in [2.75, 3.05) is 0 Å². The van der Waals surface area contributed by atoms with Crippen molar-refractivity contribution in [1.82, 2.24) is 10.3 Å². The summed E-state index contributed by atoms with van der Waals surface area (Å²) in [6, 6.07) is 4.39. The van der Waals surface area contributed by atoms with Crippen LogP contribution in [0.15, 0.2) is 18.3 Å². The van der Waals surface area contributed by atoms with Crippen molar-refractivity contribution >= 4 is 0 Å². The molecule has 0 saturated carbocycles. The lowest BCUT2D eigenvalue weighted by atomic mass is 10.1. The Labute approximate surface area is 105 Å². The van der Waals surface area contributed by atoms with E-state index in [-0.39, 0.29) is 5.60 Å². The number of nitrogens with zero attached hydrogens (tertiary/aromatic N) is 1. The Hall–Kier alpha value is -1.09. The third kappa shape index (κ3) is 5.18. The summed E-state index contributed by atoms with van der Waals surface area (Å²) in [6.45, 7) is 11.4. The molecule has 0 aliphatic carbocycles. The number of hydrogen-bond acceptors (Lipinski definition) is 3. The van der Waals surface area contributed by atoms with Crippen LogP contribution in [0.25, 0.3) is 0 Å². The van der Waals surface area contributed by atoms with Gasteiger partial charge < -0.3 is 10.1 Å². The van der Waals surface area contributed by atoms with Crippen LogP contribution in [0.3, 0.4) is 0 Å². The summed E-state index contributed by atoms with van der Waals surface area (Å²) in [7, 11) is 0. The normalized spacial score (nSPS) is 11.9. The Balaban J connectivity index is 2.66. The molecule has 0 aliphatic heterocycles. The Morgan fingerprint density at radius 3 is 2.71 bits per heavy atom. The van der Waals surface area contributed by atoms with Gasteiger partial charge in [-0.1, -0.05) is 20.8 Å². The van der Waals surface area contributed by atoms with E-state index in [4.69, 9.17) is 4.74 Å². The second kappa shape index (κ2) is 6.01. The van der Waals surface area contributed by atoms with Gasteiger partial charge in [0.15, 0.2) is 0 Å². The van der Waals surface area contributed by atoms with Crippen LogP contribution in [0.2, 0.25) is 0 Å². The predicted molar refractivity (Wildman–Crippen MR) is 71.2 cm³/mol. The van der Waals surface area contributed by atoms with Gasteiger partial charge in [0.05, 0.1) is 5.69 Å². The van der Waals surface area contributed by atoms with Gasteiger partial charge in [0.1, 0.15) is 11.4 Å². The molecule has 0 fully saturated rings. The zero-order valence-electron chi connectivity index (χ0n) is 11.6. The second-order valence-corrected chi connectivity index (χ2v) is 5.23. The average molecular weight is 236 g/mol. The number of nitrogens with one attached hydrogen (secondary N) is 1. The van der Waals surface area contributed by atoms with E-state index in [2.05, 4.69) is 44.9 Å². The summed E-state index contributed by atoms with van der Waals surface area (Å²) in [5.41, 5.74) is 0.896. The van der Waals surface area contributed by atoms with E-state index in [1.54, 1.807) is 6.20 Å². The Bertz CT molecular complexity index is 348. The van der Waals surface area contributed by atoms with E-state index in [0.29, 0.717) is 6.04 Å². The molecule has 1 N–H and O–H groups in total. The van der Waals surface area contributed by atoms with Gasteiger partial charge in [-0.2, -0.15) is 0 Å². The number of hydrogen-bond donors (Lipinski definition) is 1. The quantitative estimate of drug-likeness (QED) is 0.824. The number of rotatable bonds is 6. The minimum Gasteiger partial charge on any atom is -0.488 e. The van der Waals surface area contributed by atoms with E-state index >= 15 is 0 Å². The largest absolute Gasteiger partial charge is 0.488 e. The summed E-state index contributed by atoms with van der Waals surface area (Å²) in [5.74, 6) is 0.896. The molecule has 1 rings (SSSR count). The first-order valence-corrected chi connectivity index (χ1v) is 6.30. The van der Waals surface area contributed by atoms with Gasteiger partial charge in [-0.25, -0.2) is 0 Å². The van der Waals surface area contributed by atoms with Crippen LogP contribution < -0.4 is 10.1 Å². The number of pyridine rings is 1. The first-order valence-electron chi connectivity index (χ1n) is 6.30. The van der Waals surface area contributed by atoms with Gasteiger partial charge in [-0.05, 0) is 26.3 Å². The fourth-order valence-corrected chi connectivity index (χ4v) is 1.32. The van der Waals surface area contributed by atoms with Crippen molar-refractivity contribution in [3.05, 3.63) is 24.0 Å². The smallest absolute Gasteiger partial charge is 0.123 e. The van der Waals surface area contributed by atoms with Crippen LogP contribution in [0.1, 0.15) is 46.7 Å². The highest BCUT2D eigenvalue weighted by molar-refractivity contribution is 5.23. The maximum absolute atomic E-state index is 5.93. The highest BCUT2D eigenvalue weighted by Crippen LogP contribution is 2.20. The van der Waals surface area contributed by atoms with Crippen LogP contribution >= 0.6 is 0 Å². The van der Waals surface area contributed by atoms with Crippen molar-refractivity contribution in [2.24, 2.45) is 0 Å². The summed E-state index contributed by atoms with van der Waals surface area (Å²) in [6.07, 6.45) is 2.79. The van der Waals surface area contributed by atoms with Gasteiger partial charge in [0.2, 0.25) is 0 Å². The summed E-state index contributed by atoms with van der Waals surface area (Å²) >= 11 is 0. The van der Waals surface area contributed by atoms with Crippen molar-refractivity contribution in [1.29, 1.82) is 0 Å². The van der Waals surface area contributed by atoms with E-state index in [1.165, 1.54) is 0 Å². The molecule has 17 heavy (non-hydrogen) atoms. The lowest BCUT2D eigenvalue weighted by molar-refractivity contribution is 0.105. The minimum atomic E-state index is -0.121. The van der Waals surface area contributed by atoms with E-state index < -0.39 is 0 Å². The molecule has 1 heterocycles. The zero-order valence-corrected chi connectivity index (χ0v) is 11.6. The third-order valence-electron chi connectivity index (χ3n) is 2.73. The molecule has 96 valence electrons. The topological polar surface area (TPSA) is 34.1 Å². The minimum absolute atomic E-state index is 0.121. The van der Waals surface area contributed by atoms with E-state index in [0.717, 1.165) is 24.4 Å². The lowest BCUT2D eigenvalue weighted by Crippen LogP contribution is -2.27. The lowest BCUT2D eigenvalue weighted by Gasteiger charge is -2.25. The van der Waals surface area contributed by atoms with Crippen LogP contribution in [0, 0.1) is 0 Å². The molecule has 0 amide bonds. The number of aromatic nitrogens is 1. The highest BCUT2D eigenvalue weighted by Gasteiger charge is 2.16. The molecular weight excluding hydrogens is 212 g/mol. The van der Waals surface area contributed by atoms with Crippen molar-refractivity contribution < 1.29 is 4.74 Å². The molecule has 0 radical (unpaired) electrons. The van der Waals surface area contributed by atoms with Crippen LogP contribution in [-0.2, 0) is 6.54 Å². The third-order valence-corrected chi connectivity index (χ3v) is 2.73. The Morgan fingerprint density at radius 2 is 2.12 bits per heavy atom. The molecule has 3 nitrogen and oxygen atoms in total. The Kier molecular flexibility index (Phi) is 4.94. The summed E-state index contributed by atoms with van der Waals surface area (Å²) in [4.78, 5) is 4.32. The van der Waals surface area contributed by atoms with Crippen LogP contribution in [0.5, 0.6) is 5.75 Å². The zero-order chi connectivity index (χ0) is 12.9. The molecule has 0 aliphatic rings. The molecule has 1 aromatic heterocycles. The average Bonchev–Trinajstić information content (AvgIpc) is 2.26. The standard InChI is InChI=1S/C14H24N2O/c1-6-14(4,5)17-13-7-8-15-12(9-13)10-16-11(2)3/h7-9,11,16H,6,10H2,1-5H3. The predicted octanol–water partition coefficient (Wildman–Crippen LogP) is 3.15. The fraction of sp³-hybridized carbons (Fsp3) is 0.643.